The van der Waals surface area contributed by atoms with E-state index in [0.29, 0.717) is 18.0 Å². The van der Waals surface area contributed by atoms with Crippen molar-refractivity contribution in [1.29, 1.82) is 0 Å². The zero-order valence-corrected chi connectivity index (χ0v) is 30.4. The average Bonchev–Trinajstić information content (AvgIpc) is 3.01. The molecule has 0 amide bonds. The minimum Gasteiger partial charge on any atom is -0.397 e. The van der Waals surface area contributed by atoms with E-state index in [1.54, 1.807) is 18.7 Å². The van der Waals surface area contributed by atoms with Crippen molar-refractivity contribution in [3.05, 3.63) is 109 Å². The molecule has 0 fully saturated rings. The van der Waals surface area contributed by atoms with E-state index in [1.165, 1.54) is 12.1 Å². The highest BCUT2D eigenvalue weighted by atomic mass is 32.2. The minimum atomic E-state index is 0.250. The Morgan fingerprint density at radius 1 is 0.630 bits per heavy atom. The van der Waals surface area contributed by atoms with E-state index in [4.69, 9.17) is 10.1 Å². The van der Waals surface area contributed by atoms with Gasteiger partial charge in [-0.05, 0) is 131 Å². The van der Waals surface area contributed by atoms with E-state index in [-0.39, 0.29) is 6.61 Å². The summed E-state index contributed by atoms with van der Waals surface area (Å²) in [6.45, 7) is 15.3. The van der Waals surface area contributed by atoms with Crippen molar-refractivity contribution in [3.8, 4) is 0 Å². The quantitative estimate of drug-likeness (QED) is 0.192. The van der Waals surface area contributed by atoms with Crippen molar-refractivity contribution < 1.29 is 5.11 Å². The number of hydrogen-bond acceptors (Lipinski definition) is 6. The lowest BCUT2D eigenvalue weighted by Crippen LogP contribution is -2.17. The Labute approximate surface area is 284 Å². The summed E-state index contributed by atoms with van der Waals surface area (Å²) in [5.41, 5.74) is 6.37. The Balaban J connectivity index is 0.000000393. The van der Waals surface area contributed by atoms with E-state index in [9.17, 15) is 0 Å². The first-order chi connectivity index (χ1) is 22.1. The van der Waals surface area contributed by atoms with Crippen molar-refractivity contribution in [2.75, 3.05) is 29.8 Å². The van der Waals surface area contributed by atoms with Gasteiger partial charge in [-0.3, -0.25) is 4.99 Å². The number of thioether (sulfide) groups is 1. The van der Waals surface area contributed by atoms with Gasteiger partial charge < -0.3 is 15.7 Å². The van der Waals surface area contributed by atoms with Crippen LogP contribution in [0.2, 0.25) is 0 Å². The molecule has 0 saturated carbocycles. The third kappa shape index (κ3) is 19.7. The fraction of sp³-hybridized carbons (Fsp3) is 0.400. The molecule has 6 heteroatoms. The predicted molar refractivity (Wildman–Crippen MR) is 209 cm³/mol. The Morgan fingerprint density at radius 3 is 1.57 bits per heavy atom. The first-order valence-electron chi connectivity index (χ1n) is 16.4. The summed E-state index contributed by atoms with van der Waals surface area (Å²) < 4.78 is 0. The molecule has 0 radical (unpaired) electrons. The highest BCUT2D eigenvalue weighted by molar-refractivity contribution is 7.97. The van der Waals surface area contributed by atoms with E-state index in [2.05, 4.69) is 93.6 Å². The van der Waals surface area contributed by atoms with Crippen molar-refractivity contribution in [3.63, 3.8) is 0 Å². The monoisotopic (exact) mass is 642 g/mol. The van der Waals surface area contributed by atoms with Crippen LogP contribution in [0, 0.1) is 11.8 Å². The van der Waals surface area contributed by atoms with Gasteiger partial charge in [0.25, 0.3) is 0 Å². The highest BCUT2D eigenvalue weighted by Gasteiger charge is 2.06. The largest absolute Gasteiger partial charge is 0.397 e. The smallest absolute Gasteiger partial charge is 0.0638 e. The van der Waals surface area contributed by atoms with Crippen molar-refractivity contribution in [2.45, 2.75) is 73.4 Å². The molecule has 3 aromatic rings. The summed E-state index contributed by atoms with van der Waals surface area (Å²) in [4.78, 5) is 9.27. The van der Waals surface area contributed by atoms with Crippen LogP contribution in [0.1, 0.15) is 61.3 Å². The van der Waals surface area contributed by atoms with Gasteiger partial charge >= 0.3 is 0 Å². The van der Waals surface area contributed by atoms with Crippen molar-refractivity contribution >= 4 is 45.9 Å². The summed E-state index contributed by atoms with van der Waals surface area (Å²) in [7, 11) is 0. The number of rotatable bonds is 10. The summed E-state index contributed by atoms with van der Waals surface area (Å²) in [5, 5.41) is 14.5. The van der Waals surface area contributed by atoms with E-state index in [0.717, 1.165) is 40.8 Å². The zero-order chi connectivity index (χ0) is 34.2. The molecule has 0 aromatic heterocycles. The van der Waals surface area contributed by atoms with E-state index >= 15 is 0 Å². The Hall–Kier alpha value is -3.61. The molecule has 0 heterocycles. The second-order valence-corrected chi connectivity index (χ2v) is 12.9. The Kier molecular flexibility index (Phi) is 21.6. The van der Waals surface area contributed by atoms with Crippen LogP contribution in [0.25, 0.3) is 0 Å². The molecule has 2 atom stereocenters. The molecule has 3 N–H and O–H groups in total. The Morgan fingerprint density at radius 2 is 1.07 bits per heavy atom. The van der Waals surface area contributed by atoms with Crippen LogP contribution in [0.15, 0.2) is 119 Å². The maximum atomic E-state index is 7.57. The Bertz CT molecular complexity index is 1280. The third-order valence-corrected chi connectivity index (χ3v) is 6.23. The SMILES string of the molecule is CC(C)CC(C)N=C1C=CC(=Nc2ccccc2)C=C1.CC(C)CC(C)Nc1ccc(Nc2ccccc2)cc1.CCO.CSC. The van der Waals surface area contributed by atoms with Crippen LogP contribution in [0.3, 0.4) is 0 Å². The molecule has 4 rings (SSSR count). The van der Waals surface area contributed by atoms with Gasteiger partial charge in [0.05, 0.1) is 17.1 Å². The van der Waals surface area contributed by atoms with Gasteiger partial charge in [0, 0.05) is 35.8 Å². The number of aliphatic hydroxyl groups is 1. The molecule has 46 heavy (non-hydrogen) atoms. The van der Waals surface area contributed by atoms with E-state index in [1.807, 2.05) is 85.3 Å². The summed E-state index contributed by atoms with van der Waals surface area (Å²) in [6, 6.07) is 29.6. The normalized spacial score (nSPS) is 12.9. The number of para-hydroxylation sites is 2. The van der Waals surface area contributed by atoms with Crippen LogP contribution in [0.4, 0.5) is 22.7 Å². The second kappa shape index (κ2) is 24.6. The van der Waals surface area contributed by atoms with Crippen molar-refractivity contribution in [1.82, 2.24) is 0 Å². The first-order valence-corrected chi connectivity index (χ1v) is 18.0. The molecule has 1 aliphatic carbocycles. The number of allylic oxidation sites excluding steroid dienone is 4. The van der Waals surface area contributed by atoms with Gasteiger partial charge in [0.15, 0.2) is 0 Å². The number of hydrogen-bond donors (Lipinski definition) is 3. The predicted octanol–water partition coefficient (Wildman–Crippen LogP) is 11.0. The number of anilines is 3. The lowest BCUT2D eigenvalue weighted by Gasteiger charge is -2.17. The van der Waals surface area contributed by atoms with Gasteiger partial charge in [-0.2, -0.15) is 11.8 Å². The number of benzene rings is 3. The first kappa shape index (κ1) is 40.4. The molecule has 0 spiro atoms. The number of aliphatic imine (C=N–C) groups is 2. The van der Waals surface area contributed by atoms with Gasteiger partial charge in [-0.15, -0.1) is 0 Å². The number of nitrogens with zero attached hydrogens (tertiary/aromatic N) is 2. The molecule has 250 valence electrons. The molecule has 1 aliphatic rings. The van der Waals surface area contributed by atoms with Crippen molar-refractivity contribution in [2.24, 2.45) is 21.8 Å². The fourth-order valence-corrected chi connectivity index (χ4v) is 4.64. The van der Waals surface area contributed by atoms with Gasteiger partial charge in [0.1, 0.15) is 0 Å². The zero-order valence-electron chi connectivity index (χ0n) is 29.6. The molecule has 0 saturated heterocycles. The molecule has 0 bridgehead atoms. The average molecular weight is 643 g/mol. The second-order valence-electron chi connectivity index (χ2n) is 12.0. The molecular weight excluding hydrogens is 585 g/mol. The van der Waals surface area contributed by atoms with Crippen LogP contribution >= 0.6 is 11.8 Å². The van der Waals surface area contributed by atoms with Gasteiger partial charge in [0.2, 0.25) is 0 Å². The van der Waals surface area contributed by atoms with E-state index < -0.39 is 0 Å². The third-order valence-electron chi connectivity index (χ3n) is 6.23. The molecule has 2 unspecified atom stereocenters. The molecule has 5 nitrogen and oxygen atoms in total. The van der Waals surface area contributed by atoms with Crippen LogP contribution in [-0.4, -0.2) is 47.7 Å². The summed E-state index contributed by atoms with van der Waals surface area (Å²) in [5.74, 6) is 1.40. The summed E-state index contributed by atoms with van der Waals surface area (Å²) >= 11 is 1.75. The summed E-state index contributed by atoms with van der Waals surface area (Å²) in [6.07, 6.45) is 14.5. The maximum absolute atomic E-state index is 7.57. The van der Waals surface area contributed by atoms with Crippen LogP contribution in [-0.2, 0) is 0 Å². The molecule has 3 aromatic carbocycles. The highest BCUT2D eigenvalue weighted by Crippen LogP contribution is 2.20. The minimum absolute atomic E-state index is 0.250. The lowest BCUT2D eigenvalue weighted by atomic mass is 10.1. The molecular formula is C40H58N4OS. The standard InChI is InChI=1S/C18H24N2.C18H22N2.C2H6O.C2H6S/c2*1-14(2)13-15(3)19-17-9-11-18(12-10-17)20-16-7-5-4-6-8-16;1-2-3;1-3-2/h4-12,14-15,19-20H,13H2,1-3H3;4-12,14-15H,13H2,1-3H3;3H,2H2,1H3;1-2H3. The molecule has 0 aliphatic heterocycles. The van der Waals surface area contributed by atoms with Crippen LogP contribution in [0.5, 0.6) is 0 Å². The number of aliphatic hydroxyl groups excluding tert-OH is 1. The lowest BCUT2D eigenvalue weighted by molar-refractivity contribution is 0.318. The van der Waals surface area contributed by atoms with Gasteiger partial charge in [-0.1, -0.05) is 64.1 Å². The maximum Gasteiger partial charge on any atom is 0.0638 e. The topological polar surface area (TPSA) is 69.0 Å². The number of nitrogens with one attached hydrogen (secondary N) is 2. The van der Waals surface area contributed by atoms with Crippen LogP contribution < -0.4 is 10.6 Å². The van der Waals surface area contributed by atoms with Gasteiger partial charge in [-0.25, -0.2) is 4.99 Å². The fourth-order valence-electron chi connectivity index (χ4n) is 4.64.